The Morgan fingerprint density at radius 3 is 2.67 bits per heavy atom. The summed E-state index contributed by atoms with van der Waals surface area (Å²) in [6, 6.07) is 7.76. The molecule has 0 heterocycles. The molecule has 0 aromatic heterocycles. The van der Waals surface area contributed by atoms with Gasteiger partial charge in [-0.25, -0.2) is 0 Å². The summed E-state index contributed by atoms with van der Waals surface area (Å²) in [4.78, 5) is 2.67. The normalized spacial score (nSPS) is 14.7. The van der Waals surface area contributed by atoms with Crippen molar-refractivity contribution in [2.45, 2.75) is 66.0 Å². The molecule has 0 radical (unpaired) electrons. The Bertz CT molecular complexity index is 435. The highest BCUT2D eigenvalue weighted by molar-refractivity contribution is 5.56. The molecule has 1 saturated carbocycles. The zero-order valence-electron chi connectivity index (χ0n) is 14.3. The van der Waals surface area contributed by atoms with Crippen LogP contribution in [0.2, 0.25) is 0 Å². The van der Waals surface area contributed by atoms with E-state index in [-0.39, 0.29) is 0 Å². The summed E-state index contributed by atoms with van der Waals surface area (Å²) in [6.45, 7) is 12.4. The van der Waals surface area contributed by atoms with Crippen LogP contribution in [0.1, 0.15) is 57.6 Å². The van der Waals surface area contributed by atoms with E-state index in [4.69, 9.17) is 0 Å². The maximum atomic E-state index is 3.57. The fourth-order valence-electron chi connectivity index (χ4n) is 2.82. The molecule has 1 N–H and O–H groups in total. The summed E-state index contributed by atoms with van der Waals surface area (Å²) in [7, 11) is 0. The fourth-order valence-corrected chi connectivity index (χ4v) is 2.82. The molecule has 2 nitrogen and oxygen atoms in total. The minimum Gasteiger partial charge on any atom is -0.368 e. The van der Waals surface area contributed by atoms with Gasteiger partial charge in [0.2, 0.25) is 0 Å². The molecule has 1 fully saturated rings. The van der Waals surface area contributed by atoms with E-state index in [0.717, 1.165) is 25.0 Å². The summed E-state index contributed by atoms with van der Waals surface area (Å²) in [6.07, 6.45) is 5.22. The van der Waals surface area contributed by atoms with Gasteiger partial charge in [0.05, 0.1) is 0 Å². The number of rotatable bonds is 9. The first-order valence-electron chi connectivity index (χ1n) is 8.68. The monoisotopic (exact) mass is 288 g/mol. The van der Waals surface area contributed by atoms with Gasteiger partial charge < -0.3 is 10.2 Å². The van der Waals surface area contributed by atoms with Crippen molar-refractivity contribution in [1.29, 1.82) is 0 Å². The van der Waals surface area contributed by atoms with Crippen LogP contribution in [-0.4, -0.2) is 19.1 Å². The van der Waals surface area contributed by atoms with E-state index < -0.39 is 0 Å². The molecule has 1 aliphatic carbocycles. The molecule has 0 aliphatic heterocycles. The number of aryl methyl sites for hydroxylation is 1. The summed E-state index contributed by atoms with van der Waals surface area (Å²) in [5.74, 6) is 0.776. The molecule has 0 unspecified atom stereocenters. The van der Waals surface area contributed by atoms with Gasteiger partial charge in [-0.05, 0) is 56.7 Å². The Morgan fingerprint density at radius 1 is 1.29 bits per heavy atom. The largest absolute Gasteiger partial charge is 0.368 e. The van der Waals surface area contributed by atoms with Crippen molar-refractivity contribution in [3.8, 4) is 0 Å². The van der Waals surface area contributed by atoms with Gasteiger partial charge in [0, 0.05) is 24.8 Å². The number of benzene rings is 1. The zero-order valence-corrected chi connectivity index (χ0v) is 14.3. The standard InChI is InChI=1S/C19H32N2/c1-5-11-20-14-17-13-16(4)6-9-19(17)21(18-7-8-18)12-10-15(2)3/h6,9,13,15,18,20H,5,7-8,10-12,14H2,1-4H3. The van der Waals surface area contributed by atoms with E-state index in [2.05, 4.69) is 56.1 Å². The summed E-state index contributed by atoms with van der Waals surface area (Å²) < 4.78 is 0. The van der Waals surface area contributed by atoms with Crippen LogP contribution in [0.3, 0.4) is 0 Å². The SMILES string of the molecule is CCCNCc1cc(C)ccc1N(CCC(C)C)C1CC1. The molecular formula is C19H32N2. The molecule has 1 aromatic carbocycles. The lowest BCUT2D eigenvalue weighted by Gasteiger charge is -2.28. The second-order valence-corrected chi connectivity index (χ2v) is 6.92. The van der Waals surface area contributed by atoms with Crippen LogP contribution in [0, 0.1) is 12.8 Å². The van der Waals surface area contributed by atoms with Gasteiger partial charge in [0.15, 0.2) is 0 Å². The maximum Gasteiger partial charge on any atom is 0.0414 e. The third kappa shape index (κ3) is 5.03. The smallest absolute Gasteiger partial charge is 0.0414 e. The number of anilines is 1. The van der Waals surface area contributed by atoms with Crippen molar-refractivity contribution in [2.75, 3.05) is 18.0 Å². The molecular weight excluding hydrogens is 256 g/mol. The van der Waals surface area contributed by atoms with E-state index >= 15 is 0 Å². The van der Waals surface area contributed by atoms with Crippen molar-refractivity contribution in [1.82, 2.24) is 5.32 Å². The Morgan fingerprint density at radius 2 is 2.05 bits per heavy atom. The average Bonchev–Trinajstić information content (AvgIpc) is 3.25. The van der Waals surface area contributed by atoms with Crippen molar-refractivity contribution in [3.05, 3.63) is 29.3 Å². The molecule has 118 valence electrons. The lowest BCUT2D eigenvalue weighted by atomic mass is 10.1. The third-order valence-corrected chi connectivity index (χ3v) is 4.22. The molecule has 0 saturated heterocycles. The van der Waals surface area contributed by atoms with Crippen LogP contribution in [0.5, 0.6) is 0 Å². The van der Waals surface area contributed by atoms with Gasteiger partial charge in [0.25, 0.3) is 0 Å². The van der Waals surface area contributed by atoms with E-state index in [1.54, 1.807) is 0 Å². The van der Waals surface area contributed by atoms with E-state index in [0.29, 0.717) is 0 Å². The molecule has 0 amide bonds. The first kappa shape index (κ1) is 16.4. The zero-order chi connectivity index (χ0) is 15.2. The van der Waals surface area contributed by atoms with Crippen molar-refractivity contribution in [2.24, 2.45) is 5.92 Å². The molecule has 0 bridgehead atoms. The molecule has 1 aromatic rings. The highest BCUT2D eigenvalue weighted by atomic mass is 15.2. The minimum atomic E-state index is 0.776. The predicted molar refractivity (Wildman–Crippen MR) is 93.0 cm³/mol. The topological polar surface area (TPSA) is 15.3 Å². The Hall–Kier alpha value is -1.02. The van der Waals surface area contributed by atoms with Crippen molar-refractivity contribution in [3.63, 3.8) is 0 Å². The summed E-state index contributed by atoms with van der Waals surface area (Å²) in [5.41, 5.74) is 4.30. The number of hydrogen-bond acceptors (Lipinski definition) is 2. The lowest BCUT2D eigenvalue weighted by Crippen LogP contribution is -2.29. The molecule has 0 atom stereocenters. The third-order valence-electron chi connectivity index (χ3n) is 4.22. The fraction of sp³-hybridized carbons (Fsp3) is 0.684. The first-order valence-corrected chi connectivity index (χ1v) is 8.68. The highest BCUT2D eigenvalue weighted by Crippen LogP contribution is 2.34. The molecule has 2 rings (SSSR count). The van der Waals surface area contributed by atoms with Gasteiger partial charge in [-0.3, -0.25) is 0 Å². The maximum absolute atomic E-state index is 3.57. The van der Waals surface area contributed by atoms with Crippen LogP contribution >= 0.6 is 0 Å². The number of nitrogens with one attached hydrogen (secondary N) is 1. The summed E-state index contributed by atoms with van der Waals surface area (Å²) in [5, 5.41) is 3.57. The van der Waals surface area contributed by atoms with E-state index in [9.17, 15) is 0 Å². The minimum absolute atomic E-state index is 0.776. The molecule has 1 aliphatic rings. The van der Waals surface area contributed by atoms with Gasteiger partial charge in [-0.2, -0.15) is 0 Å². The van der Waals surface area contributed by atoms with Crippen molar-refractivity contribution < 1.29 is 0 Å². The van der Waals surface area contributed by atoms with Crippen LogP contribution in [0.4, 0.5) is 5.69 Å². The van der Waals surface area contributed by atoms with Gasteiger partial charge in [-0.1, -0.05) is 38.5 Å². The average molecular weight is 288 g/mol. The summed E-state index contributed by atoms with van der Waals surface area (Å²) >= 11 is 0. The van der Waals surface area contributed by atoms with Crippen LogP contribution in [0.25, 0.3) is 0 Å². The van der Waals surface area contributed by atoms with Crippen LogP contribution in [0.15, 0.2) is 18.2 Å². The predicted octanol–water partition coefficient (Wildman–Crippen LogP) is 4.51. The second-order valence-electron chi connectivity index (χ2n) is 6.92. The second kappa shape index (κ2) is 7.84. The molecule has 21 heavy (non-hydrogen) atoms. The van der Waals surface area contributed by atoms with Gasteiger partial charge >= 0.3 is 0 Å². The van der Waals surface area contributed by atoms with Gasteiger partial charge in [-0.15, -0.1) is 0 Å². The Balaban J connectivity index is 2.13. The van der Waals surface area contributed by atoms with E-state index in [1.807, 2.05) is 0 Å². The quantitative estimate of drug-likeness (QED) is 0.673. The lowest BCUT2D eigenvalue weighted by molar-refractivity contribution is 0.569. The van der Waals surface area contributed by atoms with Crippen LogP contribution < -0.4 is 10.2 Å². The Labute approximate surface area is 130 Å². The first-order chi connectivity index (χ1) is 10.1. The molecule has 0 spiro atoms. The number of nitrogens with zero attached hydrogens (tertiary/aromatic N) is 1. The number of hydrogen-bond donors (Lipinski definition) is 1. The Kier molecular flexibility index (Phi) is 6.10. The van der Waals surface area contributed by atoms with Crippen LogP contribution in [-0.2, 0) is 6.54 Å². The van der Waals surface area contributed by atoms with Gasteiger partial charge in [0.1, 0.15) is 0 Å². The van der Waals surface area contributed by atoms with Crippen molar-refractivity contribution >= 4 is 5.69 Å². The van der Waals surface area contributed by atoms with E-state index in [1.165, 1.54) is 49.0 Å². The molecule has 2 heteroatoms. The highest BCUT2D eigenvalue weighted by Gasteiger charge is 2.30.